The van der Waals surface area contributed by atoms with Crippen molar-refractivity contribution in [2.24, 2.45) is 9.98 Å². The van der Waals surface area contributed by atoms with Crippen molar-refractivity contribution in [2.45, 2.75) is 89.2 Å². The molecule has 15 heteroatoms. The van der Waals surface area contributed by atoms with Crippen molar-refractivity contribution >= 4 is 47.4 Å². The standard InChI is InChI=1S/C30H43N9O6/c1-17(34-22-23(32-6)36-27(31)37-25(22)41)15-33-19-9-7-18(8-10-19)24(40)35-21(26(42)43)11-12-30(16-45-30)38-20-13-28(2,3)39(44)29(4,5)14-20/h7-10,20-21,33,38,44H,6,11-16H2,1-5H3,(H,35,40)(H,42,43)(H3,31,36,37,41). The number of nitrogens with two attached hydrogens (primary N) is 1. The van der Waals surface area contributed by atoms with E-state index in [4.69, 9.17) is 10.5 Å². The van der Waals surface area contributed by atoms with Gasteiger partial charge in [0, 0.05) is 34.1 Å². The molecule has 2 aromatic rings. The second kappa shape index (κ2) is 13.0. The predicted molar refractivity (Wildman–Crippen MR) is 171 cm³/mol. The number of aromatic nitrogens is 2. The Balaban J connectivity index is 1.31. The number of nitrogens with zero attached hydrogens (tertiary/aromatic N) is 4. The molecule has 2 fully saturated rings. The Bertz CT molecular complexity index is 1500. The van der Waals surface area contributed by atoms with Crippen molar-refractivity contribution in [1.29, 1.82) is 0 Å². The van der Waals surface area contributed by atoms with E-state index in [0.717, 1.165) is 0 Å². The summed E-state index contributed by atoms with van der Waals surface area (Å²) in [5.41, 5.74) is 5.01. The summed E-state index contributed by atoms with van der Waals surface area (Å²) in [5, 5.41) is 31.2. The number of piperidine rings is 1. The number of aromatic amines is 1. The molecule has 244 valence electrons. The molecule has 2 saturated heterocycles. The number of aliphatic carboxylic acids is 1. The number of benzene rings is 1. The highest BCUT2D eigenvalue weighted by atomic mass is 16.6. The first kappa shape index (κ1) is 33.7. The van der Waals surface area contributed by atoms with Gasteiger partial charge in [0.25, 0.3) is 11.5 Å². The van der Waals surface area contributed by atoms with E-state index in [1.807, 2.05) is 27.7 Å². The van der Waals surface area contributed by atoms with Crippen LogP contribution in [0.15, 0.2) is 39.0 Å². The first-order valence-electron chi connectivity index (χ1n) is 14.7. The Labute approximate surface area is 261 Å². The molecule has 0 spiro atoms. The molecule has 0 bridgehead atoms. The minimum atomic E-state index is -1.13. The van der Waals surface area contributed by atoms with Crippen molar-refractivity contribution in [3.63, 3.8) is 0 Å². The summed E-state index contributed by atoms with van der Waals surface area (Å²) in [6.07, 6.45) is 1.97. The molecule has 2 aliphatic heterocycles. The van der Waals surface area contributed by atoms with Crippen molar-refractivity contribution in [1.82, 2.24) is 25.7 Å². The summed E-state index contributed by atoms with van der Waals surface area (Å²) in [6, 6.07) is 5.50. The maximum absolute atomic E-state index is 12.9. The fourth-order valence-corrected chi connectivity index (χ4v) is 5.89. The van der Waals surface area contributed by atoms with Gasteiger partial charge in [0.1, 0.15) is 11.8 Å². The van der Waals surface area contributed by atoms with Gasteiger partial charge in [0.05, 0.1) is 13.2 Å². The number of aliphatic imine (C=N–C) groups is 2. The van der Waals surface area contributed by atoms with Gasteiger partial charge in [-0.3, -0.25) is 19.9 Å². The van der Waals surface area contributed by atoms with Crippen LogP contribution in [0.2, 0.25) is 0 Å². The number of carboxylic acid groups (broad SMARTS) is 1. The number of amides is 1. The maximum atomic E-state index is 12.9. The third-order valence-corrected chi connectivity index (χ3v) is 8.08. The summed E-state index contributed by atoms with van der Waals surface area (Å²) < 4.78 is 5.75. The summed E-state index contributed by atoms with van der Waals surface area (Å²) in [7, 11) is 0. The molecule has 1 aromatic heterocycles. The van der Waals surface area contributed by atoms with Gasteiger partial charge in [-0.2, -0.15) is 10.0 Å². The van der Waals surface area contributed by atoms with Gasteiger partial charge in [-0.1, -0.05) is 0 Å². The van der Waals surface area contributed by atoms with E-state index < -0.39 is 40.3 Å². The number of nitrogens with one attached hydrogen (secondary N) is 4. The fraction of sp³-hybridized carbons (Fsp3) is 0.533. The van der Waals surface area contributed by atoms with Crippen LogP contribution in [0.1, 0.15) is 70.7 Å². The molecule has 2 atom stereocenters. The highest BCUT2D eigenvalue weighted by Gasteiger charge is 2.51. The smallest absolute Gasteiger partial charge is 0.326 e. The van der Waals surface area contributed by atoms with Crippen LogP contribution in [0.4, 0.5) is 23.1 Å². The second-order valence-electron chi connectivity index (χ2n) is 12.9. The van der Waals surface area contributed by atoms with Crippen LogP contribution in [0, 0.1) is 0 Å². The number of carbonyl (C=O) groups is 2. The van der Waals surface area contributed by atoms with Gasteiger partial charge in [0.15, 0.2) is 11.5 Å². The Morgan fingerprint density at radius 3 is 2.40 bits per heavy atom. The first-order chi connectivity index (χ1) is 21.0. The summed E-state index contributed by atoms with van der Waals surface area (Å²) in [6.45, 7) is 13.8. The van der Waals surface area contributed by atoms with E-state index in [2.05, 4.69) is 42.6 Å². The zero-order chi connectivity index (χ0) is 33.2. The lowest BCUT2D eigenvalue weighted by Gasteiger charge is -2.52. The Morgan fingerprint density at radius 2 is 1.84 bits per heavy atom. The number of hydrogen-bond donors (Lipinski definition) is 7. The number of H-pyrrole nitrogens is 1. The minimum absolute atomic E-state index is 0.00614. The van der Waals surface area contributed by atoms with E-state index >= 15 is 0 Å². The minimum Gasteiger partial charge on any atom is -0.480 e. The molecule has 1 aromatic carbocycles. The van der Waals surface area contributed by atoms with E-state index in [-0.39, 0.29) is 36.5 Å². The number of rotatable bonds is 13. The van der Waals surface area contributed by atoms with Gasteiger partial charge in [0.2, 0.25) is 5.95 Å². The van der Waals surface area contributed by atoms with Gasteiger partial charge in [-0.15, -0.1) is 0 Å². The van der Waals surface area contributed by atoms with Gasteiger partial charge in [-0.25, -0.2) is 14.8 Å². The largest absolute Gasteiger partial charge is 0.480 e. The number of hydrogen-bond acceptors (Lipinski definition) is 12. The van der Waals surface area contributed by atoms with Crippen LogP contribution in [0.5, 0.6) is 0 Å². The number of carboxylic acids is 1. The van der Waals surface area contributed by atoms with Crippen LogP contribution in [-0.4, -0.2) is 91.7 Å². The fourth-order valence-electron chi connectivity index (χ4n) is 5.89. The Kier molecular flexibility index (Phi) is 9.77. The van der Waals surface area contributed by atoms with Crippen LogP contribution < -0.4 is 27.2 Å². The van der Waals surface area contributed by atoms with E-state index in [9.17, 15) is 24.7 Å². The summed E-state index contributed by atoms with van der Waals surface area (Å²) in [4.78, 5) is 51.4. The quantitative estimate of drug-likeness (QED) is 0.127. The first-order valence-corrected chi connectivity index (χ1v) is 14.7. The van der Waals surface area contributed by atoms with Gasteiger partial charge < -0.3 is 31.4 Å². The molecule has 45 heavy (non-hydrogen) atoms. The normalized spacial score (nSPS) is 22.0. The average Bonchev–Trinajstić information content (AvgIpc) is 3.72. The van der Waals surface area contributed by atoms with Crippen LogP contribution >= 0.6 is 0 Å². The molecule has 2 aliphatic rings. The van der Waals surface area contributed by atoms with Crippen molar-refractivity contribution in [2.75, 3.05) is 24.2 Å². The van der Waals surface area contributed by atoms with Crippen molar-refractivity contribution in [3.8, 4) is 0 Å². The molecular weight excluding hydrogens is 582 g/mol. The maximum Gasteiger partial charge on any atom is 0.326 e. The molecule has 0 saturated carbocycles. The molecule has 15 nitrogen and oxygen atoms in total. The molecule has 3 heterocycles. The highest BCUT2D eigenvalue weighted by molar-refractivity contribution is 5.97. The lowest BCUT2D eigenvalue weighted by molar-refractivity contribution is -0.247. The number of hydroxylamine groups is 2. The average molecular weight is 626 g/mol. The number of epoxide rings is 1. The number of anilines is 2. The van der Waals surface area contributed by atoms with Crippen LogP contribution in [-0.2, 0) is 9.53 Å². The monoisotopic (exact) mass is 625 g/mol. The zero-order valence-corrected chi connectivity index (χ0v) is 26.3. The van der Waals surface area contributed by atoms with Gasteiger partial charge >= 0.3 is 5.97 Å². The lowest BCUT2D eigenvalue weighted by Crippen LogP contribution is -2.63. The topological polar surface area (TPSA) is 223 Å². The Morgan fingerprint density at radius 1 is 1.22 bits per heavy atom. The molecule has 4 rings (SSSR count). The highest BCUT2D eigenvalue weighted by Crippen LogP contribution is 2.39. The van der Waals surface area contributed by atoms with E-state index in [1.54, 1.807) is 31.2 Å². The molecule has 1 amide bonds. The molecule has 0 radical (unpaired) electrons. The molecule has 2 unspecified atom stereocenters. The van der Waals surface area contributed by atoms with Crippen molar-refractivity contribution in [3.05, 3.63) is 40.2 Å². The zero-order valence-electron chi connectivity index (χ0n) is 26.3. The van der Waals surface area contributed by atoms with Crippen molar-refractivity contribution < 1.29 is 24.6 Å². The summed E-state index contributed by atoms with van der Waals surface area (Å²) >= 11 is 0. The molecule has 8 N–H and O–H groups in total. The van der Waals surface area contributed by atoms with Crippen LogP contribution in [0.3, 0.4) is 0 Å². The predicted octanol–water partition coefficient (Wildman–Crippen LogP) is 2.58. The van der Waals surface area contributed by atoms with Crippen LogP contribution in [0.25, 0.3) is 0 Å². The Hall–Kier alpha value is -4.18. The third-order valence-electron chi connectivity index (χ3n) is 8.08. The number of ether oxygens (including phenoxy) is 1. The van der Waals surface area contributed by atoms with Gasteiger partial charge in [-0.05, 0) is 91.3 Å². The summed E-state index contributed by atoms with van der Waals surface area (Å²) in [5.74, 6) is -1.70. The third kappa shape index (κ3) is 8.30. The van der Waals surface area contributed by atoms with E-state index in [0.29, 0.717) is 42.8 Å². The van der Waals surface area contributed by atoms with E-state index in [1.165, 1.54) is 5.06 Å². The second-order valence-corrected chi connectivity index (χ2v) is 12.9. The SMILES string of the molecule is C=Nc1nc(N)[nH]c(=O)c1N=C(C)CNc1ccc(C(=O)NC(CCC2(NC3CC(C)(C)N(O)C(C)(C)C3)CO2)C(=O)O)cc1. The lowest BCUT2D eigenvalue weighted by atomic mass is 9.78. The molecule has 0 aliphatic carbocycles. The number of carbonyl (C=O) groups excluding carboxylic acids is 1. The number of nitrogen functional groups attached to an aromatic ring is 1. The molecular formula is C30H43N9O6.